The molecule has 1 atom stereocenters. The van der Waals surface area contributed by atoms with E-state index in [0.717, 1.165) is 36.9 Å². The first kappa shape index (κ1) is 15.6. The average Bonchev–Trinajstić information content (AvgIpc) is 3.42. The van der Waals surface area contributed by atoms with Crippen molar-refractivity contribution in [1.82, 2.24) is 10.2 Å². The van der Waals surface area contributed by atoms with Crippen LogP contribution in [0.3, 0.4) is 0 Å². The van der Waals surface area contributed by atoms with Gasteiger partial charge in [-0.1, -0.05) is 0 Å². The highest BCUT2D eigenvalue weighted by atomic mass is 35.5. The molecule has 21 heavy (non-hydrogen) atoms. The highest BCUT2D eigenvalue weighted by molar-refractivity contribution is 5.85. The fourth-order valence-electron chi connectivity index (χ4n) is 4.55. The van der Waals surface area contributed by atoms with Gasteiger partial charge in [0.25, 0.3) is 0 Å². The number of hydrogen-bond donors (Lipinski definition) is 1. The molecule has 120 valence electrons. The second kappa shape index (κ2) is 6.45. The van der Waals surface area contributed by atoms with Crippen molar-refractivity contribution < 1.29 is 4.79 Å². The molecule has 1 unspecified atom stereocenters. The Kier molecular flexibility index (Phi) is 4.80. The minimum absolute atomic E-state index is 0. The van der Waals surface area contributed by atoms with Crippen molar-refractivity contribution in [3.8, 4) is 0 Å². The molecule has 2 saturated carbocycles. The number of likely N-dealkylation sites (tertiary alicyclic amines) is 1. The van der Waals surface area contributed by atoms with Gasteiger partial charge in [0.1, 0.15) is 0 Å². The number of carbonyl (C=O) groups excluding carboxylic acids is 1. The van der Waals surface area contributed by atoms with E-state index in [9.17, 15) is 4.79 Å². The fraction of sp³-hybridized carbons (Fsp3) is 0.941. The molecule has 2 heterocycles. The molecule has 1 N–H and O–H groups in total. The van der Waals surface area contributed by atoms with Crippen molar-refractivity contribution in [2.45, 2.75) is 57.4 Å². The SMILES string of the molecule is Cl.O=C(C(C1CC1)C1CC1)N1CCC(C2CCCN2)CC1. The van der Waals surface area contributed by atoms with Gasteiger partial charge in [0.15, 0.2) is 0 Å². The van der Waals surface area contributed by atoms with Crippen molar-refractivity contribution >= 4 is 18.3 Å². The third-order valence-electron chi connectivity index (χ3n) is 6.06. The van der Waals surface area contributed by atoms with Crippen LogP contribution in [-0.4, -0.2) is 36.5 Å². The van der Waals surface area contributed by atoms with E-state index in [1.165, 1.54) is 57.9 Å². The van der Waals surface area contributed by atoms with Crippen LogP contribution in [0.1, 0.15) is 51.4 Å². The number of rotatable bonds is 4. The third kappa shape index (κ3) is 3.39. The molecule has 1 amide bonds. The summed E-state index contributed by atoms with van der Waals surface area (Å²) >= 11 is 0. The van der Waals surface area contributed by atoms with Gasteiger partial charge >= 0.3 is 0 Å². The van der Waals surface area contributed by atoms with Crippen LogP contribution in [0.4, 0.5) is 0 Å². The van der Waals surface area contributed by atoms with E-state index in [2.05, 4.69) is 10.2 Å². The highest BCUT2D eigenvalue weighted by Gasteiger charge is 2.47. The zero-order chi connectivity index (χ0) is 13.5. The second-order valence-corrected chi connectivity index (χ2v) is 7.57. The molecule has 4 heteroatoms. The molecule has 0 aromatic heterocycles. The van der Waals surface area contributed by atoms with Crippen LogP contribution in [-0.2, 0) is 4.79 Å². The van der Waals surface area contributed by atoms with Gasteiger partial charge in [0.05, 0.1) is 0 Å². The van der Waals surface area contributed by atoms with Crippen LogP contribution in [0.25, 0.3) is 0 Å². The lowest BCUT2D eigenvalue weighted by molar-refractivity contribution is -0.138. The molecular formula is C17H29ClN2O. The molecular weight excluding hydrogens is 284 g/mol. The summed E-state index contributed by atoms with van der Waals surface area (Å²) in [7, 11) is 0. The van der Waals surface area contributed by atoms with Gasteiger partial charge in [0, 0.05) is 25.0 Å². The molecule has 0 radical (unpaired) electrons. The first-order valence-corrected chi connectivity index (χ1v) is 8.85. The summed E-state index contributed by atoms with van der Waals surface area (Å²) < 4.78 is 0. The Balaban J connectivity index is 0.00000132. The molecule has 4 rings (SSSR count). The summed E-state index contributed by atoms with van der Waals surface area (Å²) in [6.45, 7) is 3.25. The molecule has 2 aliphatic heterocycles. The fourth-order valence-corrected chi connectivity index (χ4v) is 4.55. The Morgan fingerprint density at radius 1 is 0.952 bits per heavy atom. The number of amides is 1. The van der Waals surface area contributed by atoms with Gasteiger partial charge in [-0.15, -0.1) is 12.4 Å². The quantitative estimate of drug-likeness (QED) is 0.866. The van der Waals surface area contributed by atoms with Gasteiger partial charge in [-0.25, -0.2) is 0 Å². The van der Waals surface area contributed by atoms with Gasteiger partial charge in [-0.2, -0.15) is 0 Å². The van der Waals surface area contributed by atoms with Crippen LogP contribution in [0, 0.1) is 23.7 Å². The third-order valence-corrected chi connectivity index (χ3v) is 6.06. The lowest BCUT2D eigenvalue weighted by Crippen LogP contribution is -2.46. The van der Waals surface area contributed by atoms with E-state index in [1.807, 2.05) is 0 Å². The van der Waals surface area contributed by atoms with E-state index in [0.29, 0.717) is 11.8 Å². The topological polar surface area (TPSA) is 32.3 Å². The Bertz CT molecular complexity index is 355. The summed E-state index contributed by atoms with van der Waals surface area (Å²) in [4.78, 5) is 15.0. The molecule has 2 aliphatic carbocycles. The second-order valence-electron chi connectivity index (χ2n) is 7.57. The van der Waals surface area contributed by atoms with Crippen LogP contribution < -0.4 is 5.32 Å². The van der Waals surface area contributed by atoms with E-state index in [4.69, 9.17) is 0 Å². The van der Waals surface area contributed by atoms with Crippen molar-refractivity contribution in [1.29, 1.82) is 0 Å². The Hall–Kier alpha value is -0.280. The Morgan fingerprint density at radius 3 is 2.05 bits per heavy atom. The number of piperidine rings is 1. The first-order valence-electron chi connectivity index (χ1n) is 8.85. The number of nitrogens with zero attached hydrogens (tertiary/aromatic N) is 1. The average molecular weight is 313 g/mol. The molecule has 3 nitrogen and oxygen atoms in total. The van der Waals surface area contributed by atoms with E-state index in [-0.39, 0.29) is 12.4 Å². The summed E-state index contributed by atoms with van der Waals surface area (Å²) in [5.41, 5.74) is 0. The van der Waals surface area contributed by atoms with Gasteiger partial charge in [-0.3, -0.25) is 4.79 Å². The minimum Gasteiger partial charge on any atom is -0.342 e. The Labute approximate surface area is 134 Å². The van der Waals surface area contributed by atoms with Crippen molar-refractivity contribution in [3.05, 3.63) is 0 Å². The zero-order valence-electron chi connectivity index (χ0n) is 12.9. The molecule has 0 bridgehead atoms. The standard InChI is InChI=1S/C17H28N2O.ClH/c20-17(16(13-3-4-13)14-5-6-14)19-10-7-12(8-11-19)15-2-1-9-18-15;/h12-16,18H,1-11H2;1H. The van der Waals surface area contributed by atoms with Crippen LogP contribution in [0.15, 0.2) is 0 Å². The van der Waals surface area contributed by atoms with Crippen LogP contribution >= 0.6 is 12.4 Å². The predicted molar refractivity (Wildman–Crippen MR) is 86.5 cm³/mol. The largest absolute Gasteiger partial charge is 0.342 e. The lowest BCUT2D eigenvalue weighted by Gasteiger charge is -2.36. The van der Waals surface area contributed by atoms with E-state index < -0.39 is 0 Å². The van der Waals surface area contributed by atoms with Gasteiger partial charge in [0.2, 0.25) is 5.91 Å². The van der Waals surface area contributed by atoms with Crippen molar-refractivity contribution in [2.24, 2.45) is 23.7 Å². The summed E-state index contributed by atoms with van der Waals surface area (Å²) in [5.74, 6) is 3.26. The van der Waals surface area contributed by atoms with Crippen molar-refractivity contribution in [2.75, 3.05) is 19.6 Å². The maximum absolute atomic E-state index is 12.8. The Morgan fingerprint density at radius 2 is 1.57 bits per heavy atom. The summed E-state index contributed by atoms with van der Waals surface area (Å²) in [6.07, 6.45) is 10.4. The smallest absolute Gasteiger partial charge is 0.226 e. The predicted octanol–water partition coefficient (Wildman–Crippen LogP) is 2.84. The zero-order valence-corrected chi connectivity index (χ0v) is 13.7. The number of carbonyl (C=O) groups is 1. The van der Waals surface area contributed by atoms with Gasteiger partial charge < -0.3 is 10.2 Å². The first-order chi connectivity index (χ1) is 9.83. The number of hydrogen-bond acceptors (Lipinski definition) is 2. The molecule has 4 fully saturated rings. The molecule has 4 aliphatic rings. The molecule has 0 aromatic rings. The number of nitrogens with one attached hydrogen (secondary N) is 1. The highest BCUT2D eigenvalue weighted by Crippen LogP contribution is 2.50. The molecule has 0 spiro atoms. The van der Waals surface area contributed by atoms with E-state index >= 15 is 0 Å². The van der Waals surface area contributed by atoms with E-state index in [1.54, 1.807) is 0 Å². The van der Waals surface area contributed by atoms with Crippen LogP contribution in [0.5, 0.6) is 0 Å². The molecule has 2 saturated heterocycles. The maximum atomic E-state index is 12.8. The maximum Gasteiger partial charge on any atom is 0.226 e. The minimum atomic E-state index is 0. The van der Waals surface area contributed by atoms with Crippen LogP contribution in [0.2, 0.25) is 0 Å². The summed E-state index contributed by atoms with van der Waals surface area (Å²) in [5, 5.41) is 3.65. The normalized spacial score (nSPS) is 30.5. The van der Waals surface area contributed by atoms with Crippen molar-refractivity contribution in [3.63, 3.8) is 0 Å². The van der Waals surface area contributed by atoms with Gasteiger partial charge in [-0.05, 0) is 75.7 Å². The lowest BCUT2D eigenvalue weighted by atomic mass is 9.87. The number of halogens is 1. The summed E-state index contributed by atoms with van der Waals surface area (Å²) in [6, 6.07) is 0.745. The monoisotopic (exact) mass is 312 g/mol. The molecule has 0 aromatic carbocycles.